The Balaban J connectivity index is 1.28. The molecule has 6 rings (SSSR count). The third-order valence-electron chi connectivity index (χ3n) is 6.34. The number of ether oxygens (including phenoxy) is 2. The molecule has 1 fully saturated rings. The molecule has 31 heavy (non-hydrogen) atoms. The Kier molecular flexibility index (Phi) is 4.49. The average molecular weight is 420 g/mol. The van der Waals surface area contributed by atoms with Crippen LogP contribution in [0, 0.1) is 0 Å². The molecule has 7 nitrogen and oxygen atoms in total. The van der Waals surface area contributed by atoms with Crippen molar-refractivity contribution >= 4 is 5.91 Å². The third-order valence-corrected chi connectivity index (χ3v) is 6.34. The Morgan fingerprint density at radius 1 is 1.10 bits per heavy atom. The fourth-order valence-corrected chi connectivity index (χ4v) is 4.65. The summed E-state index contributed by atoms with van der Waals surface area (Å²) in [5.74, 6) is 2.74. The summed E-state index contributed by atoms with van der Waals surface area (Å²) in [7, 11) is 0. The van der Waals surface area contributed by atoms with Gasteiger partial charge in [-0.2, -0.15) is 0 Å². The van der Waals surface area contributed by atoms with Crippen molar-refractivity contribution in [2.45, 2.75) is 38.0 Å². The zero-order valence-corrected chi connectivity index (χ0v) is 17.3. The first-order valence-electron chi connectivity index (χ1n) is 11.0. The number of nitrogens with one attached hydrogen (secondary N) is 2. The maximum absolute atomic E-state index is 12.3. The molecule has 4 heterocycles. The van der Waals surface area contributed by atoms with Gasteiger partial charge in [-0.25, -0.2) is 0 Å². The van der Waals surface area contributed by atoms with Gasteiger partial charge in [0.25, 0.3) is 5.91 Å². The second-order valence-electron chi connectivity index (χ2n) is 8.56. The fourth-order valence-electron chi connectivity index (χ4n) is 4.65. The van der Waals surface area contributed by atoms with Gasteiger partial charge in [-0.1, -0.05) is 0 Å². The number of benzene rings is 1. The van der Waals surface area contributed by atoms with E-state index >= 15 is 0 Å². The molecule has 2 aliphatic heterocycles. The van der Waals surface area contributed by atoms with Gasteiger partial charge < -0.3 is 28.7 Å². The molecule has 1 aliphatic carbocycles. The molecule has 1 amide bonds. The van der Waals surface area contributed by atoms with Gasteiger partial charge in [0.05, 0.1) is 18.8 Å². The van der Waals surface area contributed by atoms with Crippen molar-refractivity contribution in [1.82, 2.24) is 9.88 Å². The van der Waals surface area contributed by atoms with Gasteiger partial charge >= 0.3 is 0 Å². The van der Waals surface area contributed by atoms with E-state index in [4.69, 9.17) is 13.9 Å². The first-order chi connectivity index (χ1) is 15.2. The van der Waals surface area contributed by atoms with E-state index < -0.39 is 0 Å². The standard InChI is InChI=1S/C24H25N3O4/c28-24(25-17-4-5-17)21-8-6-18(31-21)15-27-11-10-26-9-1-2-19(26)23(27)16-3-7-20-22(14-16)30-13-12-29-20/h1-3,6-9,14,17,23H,4-5,10-13,15H2,(H,25,28)/p+1/t23-/m0/s1. The molecular weight excluding hydrogens is 394 g/mol. The third kappa shape index (κ3) is 3.59. The van der Waals surface area contributed by atoms with E-state index in [1.54, 1.807) is 6.07 Å². The first kappa shape index (κ1) is 18.6. The normalized spacial score (nSPS) is 22.1. The number of fused-ring (bicyclic) bond motifs is 2. The first-order valence-corrected chi connectivity index (χ1v) is 11.0. The molecule has 2 atom stereocenters. The Morgan fingerprint density at radius 3 is 2.84 bits per heavy atom. The molecule has 0 bridgehead atoms. The van der Waals surface area contributed by atoms with Gasteiger partial charge in [-0.3, -0.25) is 4.79 Å². The van der Waals surface area contributed by atoms with Crippen LogP contribution in [0.15, 0.2) is 53.1 Å². The molecule has 3 aliphatic rings. The topological polar surface area (TPSA) is 70.1 Å². The molecule has 1 saturated carbocycles. The van der Waals surface area contributed by atoms with Crippen molar-refractivity contribution in [2.24, 2.45) is 0 Å². The van der Waals surface area contributed by atoms with Gasteiger partial charge in [-0.15, -0.1) is 0 Å². The summed E-state index contributed by atoms with van der Waals surface area (Å²) in [5, 5.41) is 2.99. The molecule has 2 aromatic heterocycles. The quantitative estimate of drug-likeness (QED) is 0.662. The van der Waals surface area contributed by atoms with Crippen molar-refractivity contribution in [3.05, 3.63) is 71.4 Å². The molecule has 1 aromatic carbocycles. The highest BCUT2D eigenvalue weighted by Crippen LogP contribution is 2.34. The van der Waals surface area contributed by atoms with Crippen LogP contribution in [0.2, 0.25) is 0 Å². The van der Waals surface area contributed by atoms with E-state index in [2.05, 4.69) is 40.3 Å². The lowest BCUT2D eigenvalue weighted by Crippen LogP contribution is -3.12. The predicted octanol–water partition coefficient (Wildman–Crippen LogP) is 1.93. The van der Waals surface area contributed by atoms with E-state index in [-0.39, 0.29) is 11.9 Å². The number of nitrogens with zero attached hydrogens (tertiary/aromatic N) is 1. The molecule has 0 saturated heterocycles. The zero-order valence-electron chi connectivity index (χ0n) is 17.3. The van der Waals surface area contributed by atoms with Crippen molar-refractivity contribution < 1.29 is 23.6 Å². The van der Waals surface area contributed by atoms with Crippen molar-refractivity contribution in [3.63, 3.8) is 0 Å². The van der Waals surface area contributed by atoms with Crippen LogP contribution in [0.5, 0.6) is 11.5 Å². The lowest BCUT2D eigenvalue weighted by atomic mass is 9.99. The summed E-state index contributed by atoms with van der Waals surface area (Å²) < 4.78 is 19.8. The second kappa shape index (κ2) is 7.50. The zero-order chi connectivity index (χ0) is 20.8. The highest BCUT2D eigenvalue weighted by Gasteiger charge is 2.34. The summed E-state index contributed by atoms with van der Waals surface area (Å²) in [6, 6.07) is 14.7. The summed E-state index contributed by atoms with van der Waals surface area (Å²) in [5.41, 5.74) is 2.47. The van der Waals surface area contributed by atoms with Crippen LogP contribution in [0.4, 0.5) is 0 Å². The summed E-state index contributed by atoms with van der Waals surface area (Å²) in [6.07, 6.45) is 4.27. The number of amides is 1. The molecular formula is C24H26N3O4+. The summed E-state index contributed by atoms with van der Waals surface area (Å²) >= 11 is 0. The minimum absolute atomic E-state index is 0.111. The lowest BCUT2D eigenvalue weighted by Gasteiger charge is -2.34. The molecule has 1 unspecified atom stereocenters. The van der Waals surface area contributed by atoms with Crippen LogP contribution in [0.3, 0.4) is 0 Å². The lowest BCUT2D eigenvalue weighted by molar-refractivity contribution is -0.944. The largest absolute Gasteiger partial charge is 0.486 e. The Hall–Kier alpha value is -3.19. The maximum atomic E-state index is 12.3. The van der Waals surface area contributed by atoms with Gasteiger partial charge in [0, 0.05) is 17.8 Å². The number of hydrogen-bond donors (Lipinski definition) is 2. The Morgan fingerprint density at radius 2 is 1.97 bits per heavy atom. The van der Waals surface area contributed by atoms with Gasteiger partial charge in [0.2, 0.25) is 0 Å². The fraction of sp³-hybridized carbons (Fsp3) is 0.375. The number of rotatable bonds is 5. The minimum atomic E-state index is -0.111. The molecule has 2 N–H and O–H groups in total. The molecule has 3 aromatic rings. The highest BCUT2D eigenvalue weighted by atomic mass is 16.6. The summed E-state index contributed by atoms with van der Waals surface area (Å²) in [6.45, 7) is 3.79. The van der Waals surface area contributed by atoms with Crippen LogP contribution in [0.1, 0.15) is 46.5 Å². The van der Waals surface area contributed by atoms with E-state index in [1.807, 2.05) is 12.1 Å². The number of carbonyl (C=O) groups is 1. The molecule has 0 radical (unpaired) electrons. The van der Waals surface area contributed by atoms with Crippen LogP contribution in [-0.2, 0) is 13.1 Å². The second-order valence-corrected chi connectivity index (χ2v) is 8.56. The SMILES string of the molecule is O=C(NC1CC1)c1ccc(C[NH+]2CCn3cccc3[C@@H]2c2ccc3c(c2)OCCO3)o1. The number of carbonyl (C=O) groups excluding carboxylic acids is 1. The van der Waals surface area contributed by atoms with Crippen LogP contribution >= 0.6 is 0 Å². The van der Waals surface area contributed by atoms with Gasteiger partial charge in [0.15, 0.2) is 29.1 Å². The average Bonchev–Trinajstić information content (AvgIpc) is 3.27. The smallest absolute Gasteiger partial charge is 0.287 e. The number of quaternary nitrogens is 1. The van der Waals surface area contributed by atoms with Gasteiger partial charge in [0.1, 0.15) is 19.8 Å². The maximum Gasteiger partial charge on any atom is 0.287 e. The Bertz CT molecular complexity index is 1110. The van der Waals surface area contributed by atoms with Crippen molar-refractivity contribution in [3.8, 4) is 11.5 Å². The van der Waals surface area contributed by atoms with Crippen molar-refractivity contribution in [2.75, 3.05) is 19.8 Å². The van der Waals surface area contributed by atoms with E-state index in [1.165, 1.54) is 16.2 Å². The molecule has 160 valence electrons. The van der Waals surface area contributed by atoms with E-state index in [0.29, 0.717) is 31.6 Å². The van der Waals surface area contributed by atoms with Crippen molar-refractivity contribution in [1.29, 1.82) is 0 Å². The van der Waals surface area contributed by atoms with Crippen LogP contribution in [0.25, 0.3) is 0 Å². The Labute approximate surface area is 180 Å². The predicted molar refractivity (Wildman–Crippen MR) is 112 cm³/mol. The highest BCUT2D eigenvalue weighted by molar-refractivity contribution is 5.91. The van der Waals surface area contributed by atoms with Crippen LogP contribution < -0.4 is 19.7 Å². The number of furan rings is 1. The number of hydrogen-bond acceptors (Lipinski definition) is 4. The number of aromatic nitrogens is 1. The van der Waals surface area contributed by atoms with Gasteiger partial charge in [-0.05, 0) is 55.3 Å². The van der Waals surface area contributed by atoms with Crippen LogP contribution in [-0.4, -0.2) is 36.3 Å². The molecule has 7 heteroatoms. The summed E-state index contributed by atoms with van der Waals surface area (Å²) in [4.78, 5) is 13.7. The van der Waals surface area contributed by atoms with E-state index in [9.17, 15) is 4.79 Å². The monoisotopic (exact) mass is 420 g/mol. The van der Waals surface area contributed by atoms with E-state index in [0.717, 1.165) is 43.2 Å². The molecule has 0 spiro atoms. The minimum Gasteiger partial charge on any atom is -0.486 e.